The maximum atomic E-state index is 12.9. The Kier molecular flexibility index (Phi) is 3.95. The van der Waals surface area contributed by atoms with Crippen LogP contribution in [0, 0.1) is 5.82 Å². The Labute approximate surface area is 107 Å². The first kappa shape index (κ1) is 12.6. The van der Waals surface area contributed by atoms with Crippen LogP contribution in [0.2, 0.25) is 0 Å². The lowest BCUT2D eigenvalue weighted by Crippen LogP contribution is -2.30. The van der Waals surface area contributed by atoms with Crippen molar-refractivity contribution in [2.24, 2.45) is 5.84 Å². The Hall–Kier alpha value is -1.87. The summed E-state index contributed by atoms with van der Waals surface area (Å²) in [6.45, 7) is 2.04. The van der Waals surface area contributed by atoms with Crippen molar-refractivity contribution in [2.75, 3.05) is 5.01 Å². The zero-order valence-electron chi connectivity index (χ0n) is 10.4. The van der Waals surface area contributed by atoms with Crippen molar-refractivity contribution in [1.82, 2.24) is 0 Å². The molecular weight excluding hydrogens is 227 g/mol. The van der Waals surface area contributed by atoms with Gasteiger partial charge in [-0.05, 0) is 43.2 Å². The number of halogens is 1. The first-order valence-corrected chi connectivity index (χ1v) is 6.00. The van der Waals surface area contributed by atoms with E-state index in [1.54, 1.807) is 17.1 Å². The summed E-state index contributed by atoms with van der Waals surface area (Å²) < 4.78 is 12.9. The highest BCUT2D eigenvalue weighted by Crippen LogP contribution is 2.22. The monoisotopic (exact) mass is 244 g/mol. The fraction of sp³-hybridized carbons (Fsp3) is 0.200. The Morgan fingerprint density at radius 3 is 2.56 bits per heavy atom. The largest absolute Gasteiger partial charge is 0.283 e. The van der Waals surface area contributed by atoms with Gasteiger partial charge in [-0.3, -0.25) is 5.01 Å². The second kappa shape index (κ2) is 5.65. The first-order chi connectivity index (χ1) is 8.68. The minimum Gasteiger partial charge on any atom is -0.283 e. The summed E-state index contributed by atoms with van der Waals surface area (Å²) in [7, 11) is 0. The molecule has 18 heavy (non-hydrogen) atoms. The molecule has 1 aromatic rings. The van der Waals surface area contributed by atoms with Gasteiger partial charge in [0.25, 0.3) is 0 Å². The van der Waals surface area contributed by atoms with E-state index in [2.05, 4.69) is 24.3 Å². The van der Waals surface area contributed by atoms with Crippen molar-refractivity contribution in [3.63, 3.8) is 0 Å². The van der Waals surface area contributed by atoms with E-state index < -0.39 is 0 Å². The number of hydrogen-bond donors (Lipinski definition) is 1. The molecule has 94 valence electrons. The van der Waals surface area contributed by atoms with E-state index in [-0.39, 0.29) is 5.82 Å². The van der Waals surface area contributed by atoms with Crippen LogP contribution >= 0.6 is 0 Å². The van der Waals surface area contributed by atoms with E-state index in [1.165, 1.54) is 12.1 Å². The lowest BCUT2D eigenvalue weighted by atomic mass is 10.1. The molecule has 1 aromatic carbocycles. The number of rotatable bonds is 2. The van der Waals surface area contributed by atoms with Crippen LogP contribution in [0.25, 0.3) is 0 Å². The van der Waals surface area contributed by atoms with Gasteiger partial charge in [0.05, 0.1) is 5.69 Å². The van der Waals surface area contributed by atoms with Gasteiger partial charge in [0, 0.05) is 12.1 Å². The quantitative estimate of drug-likeness (QED) is 0.488. The minimum absolute atomic E-state index is 0.254. The Bertz CT molecular complexity index is 498. The van der Waals surface area contributed by atoms with Crippen LogP contribution in [0.15, 0.2) is 59.8 Å². The molecule has 0 heterocycles. The smallest absolute Gasteiger partial charge is 0.123 e. The molecule has 0 saturated carbocycles. The SMILES string of the molecule is CC1=C(\N(N)c2ccc(F)cc2)CC=CC/C=C\1. The van der Waals surface area contributed by atoms with Crippen LogP contribution in [0.5, 0.6) is 0 Å². The first-order valence-electron chi connectivity index (χ1n) is 6.00. The van der Waals surface area contributed by atoms with Crippen molar-refractivity contribution in [3.05, 3.63) is 65.7 Å². The maximum Gasteiger partial charge on any atom is 0.123 e. The summed E-state index contributed by atoms with van der Waals surface area (Å²) in [6.07, 6.45) is 10.1. The average Bonchev–Trinajstić information content (AvgIpc) is 2.35. The second-order valence-electron chi connectivity index (χ2n) is 4.29. The molecule has 0 saturated heterocycles. The summed E-state index contributed by atoms with van der Waals surface area (Å²) >= 11 is 0. The topological polar surface area (TPSA) is 29.3 Å². The zero-order valence-corrected chi connectivity index (χ0v) is 10.4. The maximum absolute atomic E-state index is 12.9. The molecule has 0 aliphatic heterocycles. The van der Waals surface area contributed by atoms with Crippen molar-refractivity contribution in [3.8, 4) is 0 Å². The number of benzene rings is 1. The number of hydrazine groups is 1. The Morgan fingerprint density at radius 1 is 1.11 bits per heavy atom. The average molecular weight is 244 g/mol. The third-order valence-electron chi connectivity index (χ3n) is 2.97. The van der Waals surface area contributed by atoms with E-state index in [9.17, 15) is 4.39 Å². The molecule has 0 aromatic heterocycles. The van der Waals surface area contributed by atoms with Gasteiger partial charge in [0.1, 0.15) is 5.82 Å². The zero-order chi connectivity index (χ0) is 13.0. The number of allylic oxidation sites excluding steroid dienone is 5. The summed E-state index contributed by atoms with van der Waals surface area (Å²) in [4.78, 5) is 0. The molecule has 2 rings (SSSR count). The van der Waals surface area contributed by atoms with Crippen molar-refractivity contribution in [2.45, 2.75) is 19.8 Å². The molecule has 0 spiro atoms. The molecule has 0 bridgehead atoms. The van der Waals surface area contributed by atoms with Crippen molar-refractivity contribution >= 4 is 5.69 Å². The molecule has 1 aliphatic rings. The highest BCUT2D eigenvalue weighted by atomic mass is 19.1. The van der Waals surface area contributed by atoms with E-state index >= 15 is 0 Å². The number of nitrogens with zero attached hydrogens (tertiary/aromatic N) is 1. The van der Waals surface area contributed by atoms with Crippen LogP contribution in [-0.2, 0) is 0 Å². The summed E-state index contributed by atoms with van der Waals surface area (Å²) in [5.41, 5.74) is 2.94. The summed E-state index contributed by atoms with van der Waals surface area (Å²) in [5, 5.41) is 1.62. The van der Waals surface area contributed by atoms with Gasteiger partial charge in [-0.15, -0.1) is 0 Å². The molecule has 3 heteroatoms. The molecular formula is C15H17FN2. The van der Waals surface area contributed by atoms with E-state index in [0.717, 1.165) is 29.8 Å². The standard InChI is InChI=1S/C15H17FN2/c1-12-6-4-2-3-5-7-15(12)18(17)14-10-8-13(16)9-11-14/h3-6,8-11H,2,7,17H2,1H3/b5-3?,6-4-,15-12+. The molecule has 1 aliphatic carbocycles. The fourth-order valence-electron chi connectivity index (χ4n) is 1.92. The highest BCUT2D eigenvalue weighted by molar-refractivity contribution is 5.52. The normalized spacial score (nSPS) is 21.3. The van der Waals surface area contributed by atoms with Gasteiger partial charge in [-0.2, -0.15) is 0 Å². The van der Waals surface area contributed by atoms with Crippen LogP contribution in [-0.4, -0.2) is 0 Å². The summed E-state index contributed by atoms with van der Waals surface area (Å²) in [5.74, 6) is 5.86. The second-order valence-corrected chi connectivity index (χ2v) is 4.29. The van der Waals surface area contributed by atoms with Crippen molar-refractivity contribution < 1.29 is 4.39 Å². The fourth-order valence-corrected chi connectivity index (χ4v) is 1.92. The molecule has 2 nitrogen and oxygen atoms in total. The minimum atomic E-state index is -0.254. The van der Waals surface area contributed by atoms with Crippen LogP contribution in [0.1, 0.15) is 19.8 Å². The van der Waals surface area contributed by atoms with Gasteiger partial charge < -0.3 is 0 Å². The van der Waals surface area contributed by atoms with Gasteiger partial charge in [-0.25, -0.2) is 10.2 Å². The Balaban J connectivity index is 2.31. The van der Waals surface area contributed by atoms with Crippen LogP contribution in [0.4, 0.5) is 10.1 Å². The number of anilines is 1. The van der Waals surface area contributed by atoms with Crippen LogP contribution in [0.3, 0.4) is 0 Å². The van der Waals surface area contributed by atoms with Crippen LogP contribution < -0.4 is 10.9 Å². The third-order valence-corrected chi connectivity index (χ3v) is 2.97. The van der Waals surface area contributed by atoms with Gasteiger partial charge in [0.2, 0.25) is 0 Å². The predicted molar refractivity (Wildman–Crippen MR) is 73.3 cm³/mol. The van der Waals surface area contributed by atoms with E-state index in [4.69, 9.17) is 5.84 Å². The number of nitrogens with two attached hydrogens (primary N) is 1. The molecule has 2 N–H and O–H groups in total. The molecule has 0 amide bonds. The van der Waals surface area contributed by atoms with Crippen molar-refractivity contribution in [1.29, 1.82) is 0 Å². The predicted octanol–water partition coefficient (Wildman–Crippen LogP) is 3.69. The third kappa shape index (κ3) is 2.87. The Morgan fingerprint density at radius 2 is 1.83 bits per heavy atom. The summed E-state index contributed by atoms with van der Waals surface area (Å²) in [6, 6.07) is 6.20. The molecule has 0 radical (unpaired) electrons. The molecule has 0 atom stereocenters. The van der Waals surface area contributed by atoms with Gasteiger partial charge in [0.15, 0.2) is 0 Å². The van der Waals surface area contributed by atoms with E-state index in [0.29, 0.717) is 0 Å². The molecule has 0 fully saturated rings. The number of hydrogen-bond acceptors (Lipinski definition) is 2. The lowest BCUT2D eigenvalue weighted by Gasteiger charge is -2.23. The van der Waals surface area contributed by atoms with Gasteiger partial charge >= 0.3 is 0 Å². The molecule has 0 unspecified atom stereocenters. The highest BCUT2D eigenvalue weighted by Gasteiger charge is 2.10. The van der Waals surface area contributed by atoms with Gasteiger partial charge in [-0.1, -0.05) is 24.3 Å². The van der Waals surface area contributed by atoms with E-state index in [1.807, 2.05) is 6.92 Å². The lowest BCUT2D eigenvalue weighted by molar-refractivity contribution is 0.627.